The molecular weight excluding hydrogens is 693 g/mol. The Labute approximate surface area is 332 Å². The molecule has 0 aliphatic rings. The lowest BCUT2D eigenvalue weighted by molar-refractivity contribution is 0.766. The zero-order valence-corrected chi connectivity index (χ0v) is 31.1. The quantitative estimate of drug-likeness (QED) is 0.156. The molecule has 8 aromatic carbocycles. The summed E-state index contributed by atoms with van der Waals surface area (Å²) in [6, 6.07) is 72.9. The zero-order valence-electron chi connectivity index (χ0n) is 31.1. The van der Waals surface area contributed by atoms with E-state index >= 15 is 0 Å². The second-order valence-electron chi connectivity index (χ2n) is 14.1. The molecule has 0 unspecified atom stereocenters. The van der Waals surface area contributed by atoms with E-state index in [1.165, 1.54) is 0 Å². The molecule has 0 radical (unpaired) electrons. The highest BCUT2D eigenvalue weighted by Gasteiger charge is 2.23. The lowest BCUT2D eigenvalue weighted by Crippen LogP contribution is -1.98. The minimum absolute atomic E-state index is 0.810. The molecule has 268 valence electrons. The summed E-state index contributed by atoms with van der Waals surface area (Å²) in [5.41, 5.74) is 18.2. The van der Waals surface area contributed by atoms with Crippen molar-refractivity contribution in [3.8, 4) is 83.6 Å². The Morgan fingerprint density at radius 3 is 1.21 bits per heavy atom. The third-order valence-corrected chi connectivity index (χ3v) is 10.6. The average Bonchev–Trinajstić information content (AvgIpc) is 3.74. The van der Waals surface area contributed by atoms with Crippen molar-refractivity contribution in [2.45, 2.75) is 0 Å². The number of benzene rings is 8. The summed E-state index contributed by atoms with van der Waals surface area (Å²) in [5, 5.41) is 10.6. The Kier molecular flexibility index (Phi) is 8.82. The fraction of sp³-hybridized carbons (Fsp3) is 0. The minimum atomic E-state index is 0.810. The van der Waals surface area contributed by atoms with Crippen molar-refractivity contribution < 1.29 is 0 Å². The van der Waals surface area contributed by atoms with Crippen molar-refractivity contribution in [3.05, 3.63) is 219 Å². The van der Waals surface area contributed by atoms with Crippen molar-refractivity contribution in [2.75, 3.05) is 0 Å². The zero-order chi connectivity index (χ0) is 38.0. The highest BCUT2D eigenvalue weighted by Crippen LogP contribution is 2.47. The lowest BCUT2D eigenvalue weighted by atomic mass is 9.83. The molecule has 4 nitrogen and oxygen atoms in total. The van der Waals surface area contributed by atoms with Crippen LogP contribution < -0.4 is 0 Å². The second-order valence-corrected chi connectivity index (χ2v) is 14.1. The fourth-order valence-corrected chi connectivity index (χ4v) is 7.94. The van der Waals surface area contributed by atoms with Gasteiger partial charge in [0, 0.05) is 18.0 Å². The normalized spacial score (nSPS) is 11.2. The molecule has 10 rings (SSSR count). The van der Waals surface area contributed by atoms with Gasteiger partial charge in [-0.05, 0) is 109 Å². The molecule has 10 aromatic rings. The van der Waals surface area contributed by atoms with Crippen LogP contribution in [0.1, 0.15) is 0 Å². The summed E-state index contributed by atoms with van der Waals surface area (Å²) in [4.78, 5) is 5.97. The number of nitrogens with zero attached hydrogens (tertiary/aromatic N) is 4. The van der Waals surface area contributed by atoms with Crippen LogP contribution in [0.25, 0.3) is 94.6 Å². The number of pyridine rings is 1. The third-order valence-electron chi connectivity index (χ3n) is 10.6. The molecule has 0 atom stereocenters. The van der Waals surface area contributed by atoms with Crippen LogP contribution >= 0.6 is 0 Å². The van der Waals surface area contributed by atoms with E-state index in [-0.39, 0.29) is 0 Å². The molecule has 57 heavy (non-hydrogen) atoms. The van der Waals surface area contributed by atoms with Crippen LogP contribution in [0, 0.1) is 0 Å². The number of hydrogen-bond donors (Lipinski definition) is 0. The van der Waals surface area contributed by atoms with Gasteiger partial charge in [0.1, 0.15) is 11.0 Å². The molecule has 0 fully saturated rings. The summed E-state index contributed by atoms with van der Waals surface area (Å²) < 4.78 is 0. The van der Waals surface area contributed by atoms with Gasteiger partial charge >= 0.3 is 0 Å². The summed E-state index contributed by atoms with van der Waals surface area (Å²) >= 11 is 0. The molecule has 0 N–H and O–H groups in total. The maximum atomic E-state index is 5.32. The van der Waals surface area contributed by atoms with Gasteiger partial charge in [0.2, 0.25) is 0 Å². The second kappa shape index (κ2) is 14.9. The smallest absolute Gasteiger partial charge is 0.121 e. The SMILES string of the molecule is c1ccc(-c2cccc(-c3ccccc3)c2-c2cc(-c3c(-c4ccccc4)cccc3-c3ccccc3)c3nn(-c4ccc(-c5ccncc5)cc4)nc3c2)cc1. The van der Waals surface area contributed by atoms with Gasteiger partial charge in [-0.2, -0.15) is 4.80 Å². The monoisotopic (exact) mass is 728 g/mol. The maximum absolute atomic E-state index is 5.32. The molecule has 0 aliphatic carbocycles. The van der Waals surface area contributed by atoms with E-state index in [9.17, 15) is 0 Å². The Bertz CT molecular complexity index is 2840. The van der Waals surface area contributed by atoms with Gasteiger partial charge in [-0.15, -0.1) is 10.2 Å². The van der Waals surface area contributed by atoms with Gasteiger partial charge in [-0.1, -0.05) is 170 Å². The molecule has 0 aliphatic heterocycles. The summed E-state index contributed by atoms with van der Waals surface area (Å²) in [6.45, 7) is 0. The van der Waals surface area contributed by atoms with E-state index < -0.39 is 0 Å². The molecule has 0 saturated heterocycles. The van der Waals surface area contributed by atoms with E-state index in [1.807, 2.05) is 24.5 Å². The summed E-state index contributed by atoms with van der Waals surface area (Å²) in [6.07, 6.45) is 3.64. The first-order valence-corrected chi connectivity index (χ1v) is 19.2. The molecule has 0 amide bonds. The van der Waals surface area contributed by atoms with Gasteiger partial charge < -0.3 is 0 Å². The Morgan fingerprint density at radius 2 is 0.737 bits per heavy atom. The van der Waals surface area contributed by atoms with E-state index in [2.05, 4.69) is 199 Å². The topological polar surface area (TPSA) is 43.6 Å². The maximum Gasteiger partial charge on any atom is 0.121 e. The Hall–Kier alpha value is -7.69. The molecule has 0 bridgehead atoms. The number of hydrogen-bond acceptors (Lipinski definition) is 3. The van der Waals surface area contributed by atoms with E-state index in [0.717, 1.165) is 94.6 Å². The number of rotatable bonds is 8. The van der Waals surface area contributed by atoms with Crippen LogP contribution in [0.3, 0.4) is 0 Å². The van der Waals surface area contributed by atoms with Crippen molar-refractivity contribution in [1.82, 2.24) is 20.0 Å². The van der Waals surface area contributed by atoms with E-state index in [0.29, 0.717) is 0 Å². The lowest BCUT2D eigenvalue weighted by Gasteiger charge is -2.20. The highest BCUT2D eigenvalue weighted by atomic mass is 15.5. The molecule has 0 saturated carbocycles. The van der Waals surface area contributed by atoms with Gasteiger partial charge in [0.15, 0.2) is 0 Å². The molecule has 4 heteroatoms. The Balaban J connectivity index is 1.28. The van der Waals surface area contributed by atoms with Crippen LogP contribution in [0.15, 0.2) is 219 Å². The minimum Gasteiger partial charge on any atom is -0.265 e. The first kappa shape index (κ1) is 33.8. The molecular formula is C53H36N4. The van der Waals surface area contributed by atoms with Crippen molar-refractivity contribution in [3.63, 3.8) is 0 Å². The van der Waals surface area contributed by atoms with Crippen molar-refractivity contribution in [2.24, 2.45) is 0 Å². The first-order chi connectivity index (χ1) is 28.3. The average molecular weight is 729 g/mol. The van der Waals surface area contributed by atoms with E-state index in [1.54, 1.807) is 4.80 Å². The predicted molar refractivity (Wildman–Crippen MR) is 235 cm³/mol. The third kappa shape index (κ3) is 6.49. The highest BCUT2D eigenvalue weighted by molar-refractivity contribution is 6.07. The standard InChI is InChI=1S/C53H36N4/c1-5-15-39(16-6-1)45-23-13-24-46(40-17-7-2-8-18-40)51(45)43-35-49(52-47(41-19-9-3-10-20-41)25-14-26-48(52)42-21-11-4-12-22-42)53-50(36-43)55-57(56-53)44-29-27-37(28-30-44)38-31-33-54-34-32-38/h1-36H. The van der Waals surface area contributed by atoms with Crippen LogP contribution in [0.2, 0.25) is 0 Å². The van der Waals surface area contributed by atoms with Crippen LogP contribution in [-0.4, -0.2) is 20.0 Å². The van der Waals surface area contributed by atoms with Crippen LogP contribution in [0.4, 0.5) is 0 Å². The largest absolute Gasteiger partial charge is 0.265 e. The van der Waals surface area contributed by atoms with Gasteiger partial charge in [-0.3, -0.25) is 4.98 Å². The summed E-state index contributed by atoms with van der Waals surface area (Å²) in [5.74, 6) is 0. The fourth-order valence-electron chi connectivity index (χ4n) is 7.94. The molecule has 2 aromatic heterocycles. The summed E-state index contributed by atoms with van der Waals surface area (Å²) in [7, 11) is 0. The van der Waals surface area contributed by atoms with E-state index in [4.69, 9.17) is 10.2 Å². The first-order valence-electron chi connectivity index (χ1n) is 19.2. The van der Waals surface area contributed by atoms with Gasteiger partial charge in [-0.25, -0.2) is 0 Å². The Morgan fingerprint density at radius 1 is 0.298 bits per heavy atom. The van der Waals surface area contributed by atoms with Crippen LogP contribution in [0.5, 0.6) is 0 Å². The van der Waals surface area contributed by atoms with Gasteiger partial charge in [0.05, 0.1) is 5.69 Å². The van der Waals surface area contributed by atoms with Crippen molar-refractivity contribution in [1.29, 1.82) is 0 Å². The van der Waals surface area contributed by atoms with Crippen molar-refractivity contribution >= 4 is 11.0 Å². The van der Waals surface area contributed by atoms with Gasteiger partial charge in [0.25, 0.3) is 0 Å². The van der Waals surface area contributed by atoms with Crippen LogP contribution in [-0.2, 0) is 0 Å². The number of aromatic nitrogens is 4. The predicted octanol–water partition coefficient (Wildman–Crippen LogP) is 13.5. The number of fused-ring (bicyclic) bond motifs is 1. The molecule has 2 heterocycles. The molecule has 0 spiro atoms.